The molecule has 0 bridgehead atoms. The third kappa shape index (κ3) is 2.64. The Morgan fingerprint density at radius 3 is 2.85 bits per heavy atom. The molecular formula is C9H8ClFOS. The number of aromatic hydroxyl groups is 1. The molecule has 0 saturated carbocycles. The molecule has 0 atom stereocenters. The first-order valence-corrected chi connectivity index (χ1v) is 4.61. The zero-order valence-electron chi connectivity index (χ0n) is 6.67. The van der Waals surface area contributed by atoms with Gasteiger partial charge in [-0.2, -0.15) is 12.6 Å². The molecule has 0 unspecified atom stereocenters. The molecular weight excluding hydrogens is 211 g/mol. The number of phenols is 1. The summed E-state index contributed by atoms with van der Waals surface area (Å²) in [7, 11) is 0. The van der Waals surface area contributed by atoms with E-state index in [4.69, 9.17) is 11.6 Å². The molecule has 0 radical (unpaired) electrons. The number of halogens is 2. The van der Waals surface area contributed by atoms with Crippen molar-refractivity contribution < 1.29 is 9.50 Å². The summed E-state index contributed by atoms with van der Waals surface area (Å²) < 4.78 is 12.9. The van der Waals surface area contributed by atoms with Crippen molar-refractivity contribution in [2.45, 2.75) is 0 Å². The quantitative estimate of drug-likeness (QED) is 0.731. The lowest BCUT2D eigenvalue weighted by Gasteiger charge is -2.00. The molecule has 0 spiro atoms. The topological polar surface area (TPSA) is 20.2 Å². The minimum absolute atomic E-state index is 0.258. The van der Waals surface area contributed by atoms with Crippen LogP contribution in [0, 0.1) is 5.82 Å². The highest BCUT2D eigenvalue weighted by atomic mass is 35.5. The van der Waals surface area contributed by atoms with Crippen molar-refractivity contribution in [1.29, 1.82) is 0 Å². The maximum absolute atomic E-state index is 12.9. The first-order chi connectivity index (χ1) is 6.15. The van der Waals surface area contributed by atoms with Gasteiger partial charge in [0.15, 0.2) is 11.6 Å². The molecule has 1 nitrogen and oxygen atoms in total. The van der Waals surface area contributed by atoms with Gasteiger partial charge in [-0.3, -0.25) is 0 Å². The molecule has 13 heavy (non-hydrogen) atoms. The van der Waals surface area contributed by atoms with E-state index in [1.54, 1.807) is 12.2 Å². The van der Waals surface area contributed by atoms with Gasteiger partial charge in [0.1, 0.15) is 0 Å². The second-order valence-electron chi connectivity index (χ2n) is 2.41. The summed E-state index contributed by atoms with van der Waals surface area (Å²) in [6.45, 7) is 0. The van der Waals surface area contributed by atoms with Gasteiger partial charge in [-0.15, -0.1) is 0 Å². The van der Waals surface area contributed by atoms with E-state index in [1.165, 1.54) is 6.07 Å². The lowest BCUT2D eigenvalue weighted by atomic mass is 10.2. The lowest BCUT2D eigenvalue weighted by molar-refractivity contribution is 0.431. The Balaban J connectivity index is 3.12. The van der Waals surface area contributed by atoms with Crippen molar-refractivity contribution in [2.75, 3.05) is 5.75 Å². The van der Waals surface area contributed by atoms with Crippen LogP contribution in [0.3, 0.4) is 0 Å². The summed E-state index contributed by atoms with van der Waals surface area (Å²) >= 11 is 9.54. The molecule has 0 aliphatic heterocycles. The Kier molecular flexibility index (Phi) is 3.63. The standard InChI is InChI=1S/C9H8ClFOS/c10-7-4-6(2-1-3-13)9(12)8(11)5-7/h1-2,4-5,12-13H,3H2. The Hall–Kier alpha value is -0.670. The normalized spacial score (nSPS) is 11.0. The number of hydrogen-bond acceptors (Lipinski definition) is 2. The molecule has 1 rings (SSSR count). The van der Waals surface area contributed by atoms with Crippen LogP contribution in [0.1, 0.15) is 5.56 Å². The minimum Gasteiger partial charge on any atom is -0.504 e. The predicted octanol–water partition coefficient (Wildman–Crippen LogP) is 3.13. The largest absolute Gasteiger partial charge is 0.504 e. The maximum Gasteiger partial charge on any atom is 0.166 e. The second-order valence-corrected chi connectivity index (χ2v) is 3.21. The maximum atomic E-state index is 12.9. The Bertz CT molecular complexity index is 339. The van der Waals surface area contributed by atoms with E-state index in [-0.39, 0.29) is 10.8 Å². The molecule has 0 fully saturated rings. The number of phenolic OH excluding ortho intramolecular Hbond substituents is 1. The van der Waals surface area contributed by atoms with E-state index >= 15 is 0 Å². The summed E-state index contributed by atoms with van der Waals surface area (Å²) in [5.74, 6) is -0.582. The molecule has 0 aliphatic rings. The molecule has 1 N–H and O–H groups in total. The second kappa shape index (κ2) is 4.53. The minimum atomic E-state index is -0.716. The van der Waals surface area contributed by atoms with Gasteiger partial charge in [0.2, 0.25) is 0 Å². The number of rotatable bonds is 2. The van der Waals surface area contributed by atoms with Gasteiger partial charge in [0.25, 0.3) is 0 Å². The first kappa shape index (κ1) is 10.4. The van der Waals surface area contributed by atoms with Gasteiger partial charge < -0.3 is 5.11 Å². The SMILES string of the molecule is Oc1c(F)cc(Cl)cc1C=CCS. The molecule has 4 heteroatoms. The predicted molar refractivity (Wildman–Crippen MR) is 56.0 cm³/mol. The van der Waals surface area contributed by atoms with Crippen LogP contribution in [0.5, 0.6) is 5.75 Å². The Morgan fingerprint density at radius 1 is 1.54 bits per heavy atom. The van der Waals surface area contributed by atoms with Gasteiger partial charge >= 0.3 is 0 Å². The van der Waals surface area contributed by atoms with E-state index in [0.717, 1.165) is 6.07 Å². The summed E-state index contributed by atoms with van der Waals surface area (Å²) in [4.78, 5) is 0. The van der Waals surface area contributed by atoms with Crippen LogP contribution in [0.4, 0.5) is 4.39 Å². The lowest BCUT2D eigenvalue weighted by Crippen LogP contribution is -1.81. The van der Waals surface area contributed by atoms with E-state index in [9.17, 15) is 9.50 Å². The third-order valence-corrected chi connectivity index (χ3v) is 1.89. The van der Waals surface area contributed by atoms with Crippen LogP contribution in [-0.4, -0.2) is 10.9 Å². The summed E-state index contributed by atoms with van der Waals surface area (Å²) in [5.41, 5.74) is 0.360. The summed E-state index contributed by atoms with van der Waals surface area (Å²) in [6.07, 6.45) is 3.26. The van der Waals surface area contributed by atoms with Gasteiger partial charge in [0.05, 0.1) is 0 Å². The smallest absolute Gasteiger partial charge is 0.166 e. The summed E-state index contributed by atoms with van der Waals surface area (Å²) in [5, 5.41) is 9.50. The molecule has 0 aliphatic carbocycles. The molecule has 70 valence electrons. The van der Waals surface area contributed by atoms with Gasteiger partial charge in [0, 0.05) is 16.3 Å². The summed E-state index contributed by atoms with van der Waals surface area (Å²) in [6, 6.07) is 2.55. The Labute approximate surface area is 86.3 Å². The van der Waals surface area contributed by atoms with Crippen LogP contribution < -0.4 is 0 Å². The monoisotopic (exact) mass is 218 g/mol. The number of thiol groups is 1. The number of hydrogen-bond donors (Lipinski definition) is 2. The van der Waals surface area contributed by atoms with Crippen LogP contribution in [0.25, 0.3) is 6.08 Å². The molecule has 0 saturated heterocycles. The molecule has 1 aromatic rings. The van der Waals surface area contributed by atoms with Crippen molar-refractivity contribution >= 4 is 30.3 Å². The zero-order chi connectivity index (χ0) is 9.84. The highest BCUT2D eigenvalue weighted by Crippen LogP contribution is 2.26. The van der Waals surface area contributed by atoms with Crippen LogP contribution >= 0.6 is 24.2 Å². The van der Waals surface area contributed by atoms with Crippen molar-refractivity contribution in [3.8, 4) is 5.75 Å². The molecule has 1 aromatic carbocycles. The average molecular weight is 219 g/mol. The Morgan fingerprint density at radius 2 is 2.23 bits per heavy atom. The fraction of sp³-hybridized carbons (Fsp3) is 0.111. The average Bonchev–Trinajstić information content (AvgIpc) is 2.09. The van der Waals surface area contributed by atoms with Gasteiger partial charge in [-0.1, -0.05) is 23.8 Å². The zero-order valence-corrected chi connectivity index (χ0v) is 8.32. The van der Waals surface area contributed by atoms with Crippen molar-refractivity contribution in [3.63, 3.8) is 0 Å². The third-order valence-electron chi connectivity index (χ3n) is 1.46. The van der Waals surface area contributed by atoms with Crippen molar-refractivity contribution in [2.24, 2.45) is 0 Å². The highest BCUT2D eigenvalue weighted by Gasteiger charge is 2.05. The van der Waals surface area contributed by atoms with Crippen LogP contribution in [0.2, 0.25) is 5.02 Å². The highest BCUT2D eigenvalue weighted by molar-refractivity contribution is 7.80. The molecule has 0 aromatic heterocycles. The van der Waals surface area contributed by atoms with Crippen LogP contribution in [-0.2, 0) is 0 Å². The number of benzene rings is 1. The van der Waals surface area contributed by atoms with E-state index < -0.39 is 5.82 Å². The van der Waals surface area contributed by atoms with Crippen LogP contribution in [0.15, 0.2) is 18.2 Å². The molecule has 0 amide bonds. The van der Waals surface area contributed by atoms with E-state index in [1.807, 2.05) is 0 Å². The van der Waals surface area contributed by atoms with Gasteiger partial charge in [-0.05, 0) is 12.1 Å². The van der Waals surface area contributed by atoms with Crippen molar-refractivity contribution in [3.05, 3.63) is 34.6 Å². The van der Waals surface area contributed by atoms with E-state index in [0.29, 0.717) is 11.3 Å². The fourth-order valence-corrected chi connectivity index (χ4v) is 1.21. The van der Waals surface area contributed by atoms with E-state index in [2.05, 4.69) is 12.6 Å². The first-order valence-electron chi connectivity index (χ1n) is 3.60. The fourth-order valence-electron chi connectivity index (χ4n) is 0.893. The molecule has 0 heterocycles. The van der Waals surface area contributed by atoms with Crippen molar-refractivity contribution in [1.82, 2.24) is 0 Å². The van der Waals surface area contributed by atoms with Gasteiger partial charge in [-0.25, -0.2) is 4.39 Å².